The first-order valence-corrected chi connectivity index (χ1v) is 8.35. The van der Waals surface area contributed by atoms with E-state index in [1.54, 1.807) is 0 Å². The van der Waals surface area contributed by atoms with E-state index in [0.29, 0.717) is 6.29 Å². The Morgan fingerprint density at radius 2 is 1.96 bits per heavy atom. The fraction of sp³-hybridized carbons (Fsp3) is 0.647. The summed E-state index contributed by atoms with van der Waals surface area (Å²) in [7, 11) is 1.20. The smallest absolute Gasteiger partial charge is 0.337 e. The molecule has 2 heterocycles. The topological polar surface area (TPSA) is 152 Å². The van der Waals surface area contributed by atoms with Crippen molar-refractivity contribution in [3.8, 4) is 0 Å². The van der Waals surface area contributed by atoms with Crippen molar-refractivity contribution < 1.29 is 49.0 Å². The van der Waals surface area contributed by atoms with E-state index in [0.717, 1.165) is 6.26 Å². The molecule has 0 bridgehead atoms. The molecule has 2 aliphatic heterocycles. The molecule has 0 aromatic heterocycles. The van der Waals surface area contributed by atoms with Gasteiger partial charge in [0.15, 0.2) is 6.29 Å². The third kappa shape index (κ3) is 4.37. The molecule has 0 aromatic rings. The lowest BCUT2D eigenvalue weighted by atomic mass is 9.82. The summed E-state index contributed by atoms with van der Waals surface area (Å²) in [5, 5.41) is 39.0. The van der Waals surface area contributed by atoms with Crippen LogP contribution in [0.15, 0.2) is 24.5 Å². The molecule has 0 saturated carbocycles. The molecule has 2 aliphatic rings. The van der Waals surface area contributed by atoms with Crippen LogP contribution in [0.2, 0.25) is 0 Å². The minimum Gasteiger partial charge on any atom is -0.471 e. The second kappa shape index (κ2) is 9.40. The summed E-state index contributed by atoms with van der Waals surface area (Å²) >= 11 is 0. The standard InChI is InChI=1S/C17H24O10/c1-3-8-9(4-5-18)10(15(23)24-2)7-25-16(8)27-17-14(22)13(21)12(20)11(6-19)26-17/h3,5,7-9,11-14,16-17,19-22H,1,4,6H2,2H3/t8-,9+,11-,12-,13+,14-,16+,17+/m1/s1. The molecule has 0 spiro atoms. The lowest BCUT2D eigenvalue weighted by Gasteiger charge is -2.42. The summed E-state index contributed by atoms with van der Waals surface area (Å²) in [6, 6.07) is 0. The van der Waals surface area contributed by atoms with Gasteiger partial charge in [-0.15, -0.1) is 6.58 Å². The van der Waals surface area contributed by atoms with Gasteiger partial charge in [-0.25, -0.2) is 4.79 Å². The van der Waals surface area contributed by atoms with Gasteiger partial charge in [0.25, 0.3) is 0 Å². The number of hydrogen-bond acceptors (Lipinski definition) is 10. The fourth-order valence-electron chi connectivity index (χ4n) is 3.13. The van der Waals surface area contributed by atoms with Gasteiger partial charge in [0.1, 0.15) is 30.7 Å². The highest BCUT2D eigenvalue weighted by Gasteiger charge is 2.47. The lowest BCUT2D eigenvalue weighted by Crippen LogP contribution is -2.60. The van der Waals surface area contributed by atoms with E-state index in [9.17, 15) is 30.0 Å². The number of carbonyl (C=O) groups excluding carboxylic acids is 2. The largest absolute Gasteiger partial charge is 0.471 e. The first-order chi connectivity index (χ1) is 12.9. The zero-order chi connectivity index (χ0) is 20.1. The summed E-state index contributed by atoms with van der Waals surface area (Å²) in [6.45, 7) is 3.06. The predicted octanol–water partition coefficient (Wildman–Crippen LogP) is -1.78. The molecule has 10 nitrogen and oxygen atoms in total. The SMILES string of the molecule is C=C[C@H]1[C@H](O[C@@H]2O[C@H](CO)[C@@H](O)[C@H](O)[C@H]2O)OC=C(C(=O)OC)[C@H]1CC=O. The molecule has 152 valence electrons. The van der Waals surface area contributed by atoms with Crippen LogP contribution in [-0.2, 0) is 28.5 Å². The maximum atomic E-state index is 11.9. The minimum absolute atomic E-state index is 0.0322. The molecule has 1 fully saturated rings. The van der Waals surface area contributed by atoms with Gasteiger partial charge in [-0.1, -0.05) is 6.08 Å². The summed E-state index contributed by atoms with van der Waals surface area (Å²) in [5.74, 6) is -1.99. The molecule has 0 amide bonds. The van der Waals surface area contributed by atoms with Crippen molar-refractivity contribution in [1.82, 2.24) is 0 Å². The Hall–Kier alpha value is -1.82. The number of aliphatic hydroxyl groups excluding tert-OH is 4. The first kappa shape index (κ1) is 21.5. The molecule has 27 heavy (non-hydrogen) atoms. The average Bonchev–Trinajstić information content (AvgIpc) is 2.68. The van der Waals surface area contributed by atoms with Crippen LogP contribution in [0.25, 0.3) is 0 Å². The number of hydrogen-bond donors (Lipinski definition) is 4. The molecule has 4 N–H and O–H groups in total. The zero-order valence-corrected chi connectivity index (χ0v) is 14.7. The number of aliphatic hydroxyl groups is 4. The van der Waals surface area contributed by atoms with Gasteiger partial charge in [0.05, 0.1) is 25.6 Å². The van der Waals surface area contributed by atoms with Crippen LogP contribution in [0, 0.1) is 11.8 Å². The Balaban J connectivity index is 2.22. The lowest BCUT2D eigenvalue weighted by molar-refractivity contribution is -0.339. The molecule has 0 aromatic carbocycles. The van der Waals surface area contributed by atoms with Crippen molar-refractivity contribution >= 4 is 12.3 Å². The van der Waals surface area contributed by atoms with Gasteiger partial charge in [-0.3, -0.25) is 0 Å². The van der Waals surface area contributed by atoms with Gasteiger partial charge in [-0.05, 0) is 0 Å². The summed E-state index contributed by atoms with van der Waals surface area (Å²) in [6.07, 6.45) is -5.31. The highest BCUT2D eigenvalue weighted by atomic mass is 16.8. The number of aldehydes is 1. The Morgan fingerprint density at radius 3 is 2.52 bits per heavy atom. The van der Waals surface area contributed by atoms with Gasteiger partial charge in [0.2, 0.25) is 6.29 Å². The van der Waals surface area contributed by atoms with Crippen LogP contribution in [0.1, 0.15) is 6.42 Å². The van der Waals surface area contributed by atoms with E-state index in [1.165, 1.54) is 13.2 Å². The van der Waals surface area contributed by atoms with Crippen LogP contribution in [-0.4, -0.2) is 83.4 Å². The molecule has 0 aliphatic carbocycles. The Labute approximate surface area is 155 Å². The van der Waals surface area contributed by atoms with Crippen LogP contribution in [0.4, 0.5) is 0 Å². The molecule has 2 rings (SSSR count). The second-order valence-corrected chi connectivity index (χ2v) is 6.22. The van der Waals surface area contributed by atoms with Crippen LogP contribution >= 0.6 is 0 Å². The summed E-state index contributed by atoms with van der Waals surface area (Å²) in [4.78, 5) is 23.0. The monoisotopic (exact) mass is 388 g/mol. The van der Waals surface area contributed by atoms with Crippen LogP contribution < -0.4 is 0 Å². The third-order valence-corrected chi connectivity index (χ3v) is 4.67. The van der Waals surface area contributed by atoms with E-state index in [1.807, 2.05) is 0 Å². The Bertz CT molecular complexity index is 574. The highest BCUT2D eigenvalue weighted by Crippen LogP contribution is 2.36. The molecular weight excluding hydrogens is 364 g/mol. The van der Waals surface area contributed by atoms with Gasteiger partial charge >= 0.3 is 5.97 Å². The minimum atomic E-state index is -1.62. The van der Waals surface area contributed by atoms with Crippen molar-refractivity contribution in [2.24, 2.45) is 11.8 Å². The van der Waals surface area contributed by atoms with Crippen molar-refractivity contribution in [2.75, 3.05) is 13.7 Å². The van der Waals surface area contributed by atoms with E-state index in [2.05, 4.69) is 11.3 Å². The highest BCUT2D eigenvalue weighted by molar-refractivity contribution is 5.89. The summed E-state index contributed by atoms with van der Waals surface area (Å²) in [5.41, 5.74) is 0.128. The molecule has 0 radical (unpaired) electrons. The zero-order valence-electron chi connectivity index (χ0n) is 14.7. The first-order valence-electron chi connectivity index (χ1n) is 8.35. The van der Waals surface area contributed by atoms with Crippen LogP contribution in [0.3, 0.4) is 0 Å². The molecule has 8 atom stereocenters. The van der Waals surface area contributed by atoms with E-state index in [4.69, 9.17) is 14.2 Å². The number of carbonyl (C=O) groups is 2. The van der Waals surface area contributed by atoms with Gasteiger partial charge < -0.3 is 44.2 Å². The maximum absolute atomic E-state index is 11.9. The molecule has 10 heteroatoms. The van der Waals surface area contributed by atoms with E-state index < -0.39 is 61.4 Å². The predicted molar refractivity (Wildman–Crippen MR) is 87.7 cm³/mol. The second-order valence-electron chi connectivity index (χ2n) is 6.22. The van der Waals surface area contributed by atoms with Crippen molar-refractivity contribution in [3.05, 3.63) is 24.5 Å². The Morgan fingerprint density at radius 1 is 1.26 bits per heavy atom. The number of esters is 1. The van der Waals surface area contributed by atoms with Crippen molar-refractivity contribution in [3.63, 3.8) is 0 Å². The number of ether oxygens (including phenoxy) is 4. The molecular formula is C17H24O10. The van der Waals surface area contributed by atoms with E-state index in [-0.39, 0.29) is 12.0 Å². The summed E-state index contributed by atoms with van der Waals surface area (Å²) < 4.78 is 21.0. The number of methoxy groups -OCH3 is 1. The van der Waals surface area contributed by atoms with Crippen molar-refractivity contribution in [2.45, 2.75) is 43.4 Å². The average molecular weight is 388 g/mol. The Kier molecular flexibility index (Phi) is 7.48. The van der Waals surface area contributed by atoms with Gasteiger partial charge in [-0.2, -0.15) is 0 Å². The number of rotatable bonds is 7. The van der Waals surface area contributed by atoms with Gasteiger partial charge in [0, 0.05) is 18.3 Å². The van der Waals surface area contributed by atoms with Crippen LogP contribution in [0.5, 0.6) is 0 Å². The molecule has 0 unspecified atom stereocenters. The maximum Gasteiger partial charge on any atom is 0.337 e. The normalized spacial score (nSPS) is 39.1. The quantitative estimate of drug-likeness (QED) is 0.224. The van der Waals surface area contributed by atoms with Crippen molar-refractivity contribution in [1.29, 1.82) is 0 Å². The van der Waals surface area contributed by atoms with E-state index >= 15 is 0 Å². The third-order valence-electron chi connectivity index (χ3n) is 4.67. The fourth-order valence-corrected chi connectivity index (χ4v) is 3.13. The molecule has 1 saturated heterocycles.